The van der Waals surface area contributed by atoms with E-state index in [-0.39, 0.29) is 5.78 Å². The van der Waals surface area contributed by atoms with Crippen molar-refractivity contribution < 1.29 is 23.9 Å². The smallest absolute Gasteiger partial charge is 0.326 e. The predicted molar refractivity (Wildman–Crippen MR) is 97.3 cm³/mol. The number of benzene rings is 1. The highest BCUT2D eigenvalue weighted by Gasteiger charge is 2.45. The van der Waals surface area contributed by atoms with Gasteiger partial charge in [-0.2, -0.15) is 0 Å². The van der Waals surface area contributed by atoms with Crippen LogP contribution in [0.4, 0.5) is 4.79 Å². The summed E-state index contributed by atoms with van der Waals surface area (Å²) in [6.45, 7) is 4.12. The number of fused-ring (bicyclic) bond motifs is 1. The zero-order valence-corrected chi connectivity index (χ0v) is 15.4. The Morgan fingerprint density at radius 2 is 1.96 bits per heavy atom. The van der Waals surface area contributed by atoms with Crippen molar-refractivity contribution >= 4 is 34.6 Å². The molecule has 1 aromatic heterocycles. The van der Waals surface area contributed by atoms with Crippen LogP contribution in [0.15, 0.2) is 24.4 Å². The number of ketones is 1. The summed E-state index contributed by atoms with van der Waals surface area (Å²) in [5.74, 6) is -1.70. The van der Waals surface area contributed by atoms with E-state index in [1.54, 1.807) is 20.0 Å². The monoisotopic (exact) mass is 371 g/mol. The molecule has 2 N–H and O–H groups in total. The number of imide groups is 1. The summed E-state index contributed by atoms with van der Waals surface area (Å²) >= 11 is 0. The number of ether oxygens (including phenoxy) is 1. The molecule has 0 aliphatic carbocycles. The lowest BCUT2D eigenvalue weighted by atomic mass is 10.1. The Morgan fingerprint density at radius 3 is 2.59 bits per heavy atom. The van der Waals surface area contributed by atoms with Crippen LogP contribution < -0.4 is 5.32 Å². The van der Waals surface area contributed by atoms with Crippen LogP contribution in [-0.2, 0) is 20.7 Å². The first-order valence-corrected chi connectivity index (χ1v) is 8.66. The second kappa shape index (κ2) is 6.86. The van der Waals surface area contributed by atoms with E-state index < -0.39 is 36.6 Å². The maximum absolute atomic E-state index is 12.4. The lowest BCUT2D eigenvalue weighted by Crippen LogP contribution is -2.41. The molecule has 1 aliphatic heterocycles. The van der Waals surface area contributed by atoms with Gasteiger partial charge in [0.05, 0.1) is 0 Å². The van der Waals surface area contributed by atoms with Crippen molar-refractivity contribution in [3.8, 4) is 0 Å². The second-order valence-corrected chi connectivity index (χ2v) is 6.93. The lowest BCUT2D eigenvalue weighted by Gasteiger charge is -2.15. The van der Waals surface area contributed by atoms with Crippen LogP contribution in [0.5, 0.6) is 0 Å². The summed E-state index contributed by atoms with van der Waals surface area (Å²) in [4.78, 5) is 52.1. The highest BCUT2D eigenvalue weighted by atomic mass is 16.5. The quantitative estimate of drug-likeness (QED) is 0.457. The first kappa shape index (κ1) is 18.6. The number of aromatic nitrogens is 1. The molecule has 1 aliphatic rings. The second-order valence-electron chi connectivity index (χ2n) is 6.93. The van der Waals surface area contributed by atoms with Gasteiger partial charge in [-0.3, -0.25) is 19.3 Å². The molecular formula is C19H21N3O5. The third kappa shape index (κ3) is 3.42. The number of aromatic amines is 1. The largest absolute Gasteiger partial charge is 0.456 e. The number of Topliss-reactive ketones (excluding diaryl/α,β-unsaturated/α-hetero) is 1. The van der Waals surface area contributed by atoms with Gasteiger partial charge in [-0.25, -0.2) is 4.79 Å². The van der Waals surface area contributed by atoms with Gasteiger partial charge in [-0.1, -0.05) is 25.1 Å². The maximum Gasteiger partial charge on any atom is 0.326 e. The molecule has 3 amide bonds. The number of carbonyl (C=O) groups is 4. The molecule has 142 valence electrons. The van der Waals surface area contributed by atoms with Gasteiger partial charge < -0.3 is 15.0 Å². The lowest BCUT2D eigenvalue weighted by molar-refractivity contribution is -0.146. The molecule has 0 radical (unpaired) electrons. The van der Waals surface area contributed by atoms with E-state index in [4.69, 9.17) is 4.74 Å². The van der Waals surface area contributed by atoms with Crippen molar-refractivity contribution in [3.63, 3.8) is 0 Å². The SMILES string of the molecule is CCc1cccc2c(C(=O)COC(=O)CN3C(=O)NC(C)(C)C3=O)c[nH]c12. The number of H-pyrrole nitrogens is 1. The number of nitrogens with zero attached hydrogens (tertiary/aromatic N) is 1. The van der Waals surface area contributed by atoms with Crippen molar-refractivity contribution in [2.24, 2.45) is 0 Å². The molecule has 0 atom stereocenters. The molecule has 27 heavy (non-hydrogen) atoms. The third-order valence-corrected chi connectivity index (χ3v) is 4.58. The topological polar surface area (TPSA) is 109 Å². The van der Waals surface area contributed by atoms with E-state index in [0.29, 0.717) is 5.56 Å². The Hall–Kier alpha value is -3.16. The van der Waals surface area contributed by atoms with Crippen LogP contribution >= 0.6 is 0 Å². The van der Waals surface area contributed by atoms with E-state index in [2.05, 4.69) is 10.3 Å². The Kier molecular flexibility index (Phi) is 4.73. The van der Waals surface area contributed by atoms with Crippen molar-refractivity contribution in [1.82, 2.24) is 15.2 Å². The number of rotatable bonds is 6. The average Bonchev–Trinajstić information content (AvgIpc) is 3.14. The van der Waals surface area contributed by atoms with E-state index >= 15 is 0 Å². The molecule has 0 saturated carbocycles. The fourth-order valence-corrected chi connectivity index (χ4v) is 3.10. The standard InChI is InChI=1S/C19H21N3O5/c1-4-11-6-5-7-12-13(8-20-16(11)12)14(23)10-27-15(24)9-22-17(25)19(2,3)21-18(22)26/h5-8,20H,4,9-10H2,1-3H3,(H,21,26). The number of aryl methyl sites for hydroxylation is 1. The fraction of sp³-hybridized carbons (Fsp3) is 0.368. The number of carbonyl (C=O) groups excluding carboxylic acids is 4. The Balaban J connectivity index is 1.64. The number of hydrogen-bond acceptors (Lipinski definition) is 5. The van der Waals surface area contributed by atoms with E-state index in [9.17, 15) is 19.2 Å². The molecule has 1 saturated heterocycles. The summed E-state index contributed by atoms with van der Waals surface area (Å²) in [7, 11) is 0. The van der Waals surface area contributed by atoms with Crippen molar-refractivity contribution in [3.05, 3.63) is 35.5 Å². The summed E-state index contributed by atoms with van der Waals surface area (Å²) in [6.07, 6.45) is 2.42. The predicted octanol–water partition coefficient (Wildman–Crippen LogP) is 1.79. The van der Waals surface area contributed by atoms with E-state index in [1.165, 1.54) is 0 Å². The number of urea groups is 1. The van der Waals surface area contributed by atoms with Crippen LogP contribution in [0.2, 0.25) is 0 Å². The molecule has 2 heterocycles. The first-order valence-electron chi connectivity index (χ1n) is 8.66. The highest BCUT2D eigenvalue weighted by molar-refractivity contribution is 6.10. The Labute approximate surface area is 155 Å². The Morgan fingerprint density at radius 1 is 1.22 bits per heavy atom. The zero-order valence-electron chi connectivity index (χ0n) is 15.4. The normalized spacial score (nSPS) is 15.9. The maximum atomic E-state index is 12.4. The molecule has 8 heteroatoms. The number of para-hydroxylation sites is 1. The van der Waals surface area contributed by atoms with Crippen molar-refractivity contribution in [2.75, 3.05) is 13.2 Å². The minimum absolute atomic E-state index is 0.361. The number of amides is 3. The van der Waals surface area contributed by atoms with E-state index in [0.717, 1.165) is 27.8 Å². The average molecular weight is 371 g/mol. The van der Waals surface area contributed by atoms with Gasteiger partial charge in [-0.05, 0) is 25.8 Å². The van der Waals surface area contributed by atoms with Gasteiger partial charge in [0.2, 0.25) is 5.78 Å². The highest BCUT2D eigenvalue weighted by Crippen LogP contribution is 2.22. The molecule has 1 fully saturated rings. The molecular weight excluding hydrogens is 350 g/mol. The van der Waals surface area contributed by atoms with Crippen LogP contribution in [0.3, 0.4) is 0 Å². The van der Waals surface area contributed by atoms with Crippen LogP contribution in [0, 0.1) is 0 Å². The van der Waals surface area contributed by atoms with Gasteiger partial charge in [-0.15, -0.1) is 0 Å². The fourth-order valence-electron chi connectivity index (χ4n) is 3.10. The van der Waals surface area contributed by atoms with Gasteiger partial charge in [0.25, 0.3) is 5.91 Å². The number of nitrogens with one attached hydrogen (secondary N) is 2. The van der Waals surface area contributed by atoms with Crippen LogP contribution in [0.1, 0.15) is 36.7 Å². The summed E-state index contributed by atoms with van der Waals surface area (Å²) in [5, 5.41) is 3.24. The third-order valence-electron chi connectivity index (χ3n) is 4.58. The van der Waals surface area contributed by atoms with Gasteiger partial charge in [0.15, 0.2) is 6.61 Å². The molecule has 2 aromatic rings. The van der Waals surface area contributed by atoms with Crippen LogP contribution in [0.25, 0.3) is 10.9 Å². The minimum atomic E-state index is -1.06. The molecule has 0 unspecified atom stereocenters. The van der Waals surface area contributed by atoms with Crippen LogP contribution in [-0.4, -0.2) is 52.3 Å². The summed E-state index contributed by atoms with van der Waals surface area (Å²) in [5.41, 5.74) is 1.35. The number of esters is 1. The molecule has 3 rings (SSSR count). The zero-order chi connectivity index (χ0) is 19.8. The summed E-state index contributed by atoms with van der Waals surface area (Å²) in [6, 6.07) is 5.02. The molecule has 0 bridgehead atoms. The first-order chi connectivity index (χ1) is 12.7. The van der Waals surface area contributed by atoms with Crippen molar-refractivity contribution in [1.29, 1.82) is 0 Å². The van der Waals surface area contributed by atoms with Gasteiger partial charge >= 0.3 is 12.0 Å². The number of hydrogen-bond donors (Lipinski definition) is 2. The van der Waals surface area contributed by atoms with Gasteiger partial charge in [0, 0.05) is 22.7 Å². The van der Waals surface area contributed by atoms with E-state index in [1.807, 2.05) is 25.1 Å². The summed E-state index contributed by atoms with van der Waals surface area (Å²) < 4.78 is 4.98. The molecule has 0 spiro atoms. The molecule has 1 aromatic carbocycles. The minimum Gasteiger partial charge on any atom is -0.456 e. The Bertz CT molecular complexity index is 944. The van der Waals surface area contributed by atoms with Crippen molar-refractivity contribution in [2.45, 2.75) is 32.7 Å². The van der Waals surface area contributed by atoms with Gasteiger partial charge in [0.1, 0.15) is 12.1 Å². The molecule has 8 nitrogen and oxygen atoms in total.